The maximum Gasteiger partial charge on any atom is 0.330 e. The number of hydrogen-bond donors (Lipinski definition) is 3. The van der Waals surface area contributed by atoms with Gasteiger partial charge in [0.05, 0.1) is 18.8 Å². The van der Waals surface area contributed by atoms with E-state index in [0.29, 0.717) is 0 Å². The molecule has 10 nitrogen and oxygen atoms in total. The number of ether oxygens (including phenoxy) is 1. The number of rotatable bonds is 5. The molecule has 1 aromatic rings. The van der Waals surface area contributed by atoms with Crippen molar-refractivity contribution in [3.8, 4) is 0 Å². The lowest BCUT2D eigenvalue weighted by atomic mass is 10.1. The Labute approximate surface area is 142 Å². The van der Waals surface area contributed by atoms with Crippen molar-refractivity contribution in [2.24, 2.45) is 5.11 Å². The van der Waals surface area contributed by atoms with E-state index in [-0.39, 0.29) is 12.0 Å². The summed E-state index contributed by atoms with van der Waals surface area (Å²) >= 11 is 8.88. The quantitative estimate of drug-likeness (QED) is 0.279. The van der Waals surface area contributed by atoms with Gasteiger partial charge in [0, 0.05) is 23.1 Å². The number of hydrogen-bond acceptors (Lipinski definition) is 6. The minimum Gasteiger partial charge on any atom is -0.394 e. The predicted molar refractivity (Wildman–Crippen MR) is 83.4 cm³/mol. The first-order valence-corrected chi connectivity index (χ1v) is 7.86. The van der Waals surface area contributed by atoms with Crippen LogP contribution in [-0.4, -0.2) is 42.9 Å². The molecule has 0 amide bonds. The van der Waals surface area contributed by atoms with Gasteiger partial charge in [-0.05, 0) is 5.53 Å². The SMILES string of the molecule is [N-]=[N+]=NC(c1cn(C2CC(O)C(CO)O2)c(=O)[nH]c1=O)C(Cl)Br. The summed E-state index contributed by atoms with van der Waals surface area (Å²) in [5.41, 5.74) is 7.05. The van der Waals surface area contributed by atoms with Crippen molar-refractivity contribution in [3.05, 3.63) is 43.0 Å². The standard InChI is InChI=1S/C11H13BrClN5O5/c12-9(13)8(16-17-14)4-2-18(11(22)15-10(4)21)7-1-5(20)6(3-19)23-7/h2,5-9,19-20H,1,3H2,(H,15,21,22). The van der Waals surface area contributed by atoms with Gasteiger partial charge >= 0.3 is 5.69 Å². The van der Waals surface area contributed by atoms with Crippen molar-refractivity contribution >= 4 is 27.5 Å². The summed E-state index contributed by atoms with van der Waals surface area (Å²) in [4.78, 5) is 28.6. The van der Waals surface area contributed by atoms with E-state index in [9.17, 15) is 14.7 Å². The minimum atomic E-state index is -1.06. The van der Waals surface area contributed by atoms with Crippen molar-refractivity contribution < 1.29 is 14.9 Å². The second-order valence-electron chi connectivity index (χ2n) is 4.85. The number of halogens is 2. The van der Waals surface area contributed by atoms with Gasteiger partial charge < -0.3 is 14.9 Å². The van der Waals surface area contributed by atoms with Crippen LogP contribution in [0.25, 0.3) is 10.4 Å². The predicted octanol–water partition coefficient (Wildman–Crippen LogP) is 0.488. The number of alkyl halides is 2. The largest absolute Gasteiger partial charge is 0.394 e. The molecular formula is C11H13BrClN5O5. The maximum absolute atomic E-state index is 12.0. The van der Waals surface area contributed by atoms with Gasteiger partial charge in [0.2, 0.25) is 0 Å². The zero-order valence-corrected chi connectivity index (χ0v) is 13.9. The molecule has 5 atom stereocenters. The second-order valence-corrected chi connectivity index (χ2v) is 6.83. The van der Waals surface area contributed by atoms with E-state index in [1.807, 2.05) is 0 Å². The zero-order valence-electron chi connectivity index (χ0n) is 11.5. The molecule has 3 N–H and O–H groups in total. The molecule has 1 saturated heterocycles. The molecule has 1 aliphatic rings. The summed E-state index contributed by atoms with van der Waals surface area (Å²) in [6, 6.07) is -1.06. The van der Waals surface area contributed by atoms with E-state index >= 15 is 0 Å². The van der Waals surface area contributed by atoms with Crippen LogP contribution in [-0.2, 0) is 4.74 Å². The Kier molecular flexibility index (Phi) is 5.84. The molecule has 0 bridgehead atoms. The van der Waals surface area contributed by atoms with Crippen LogP contribution < -0.4 is 11.2 Å². The summed E-state index contributed by atoms with van der Waals surface area (Å²) in [5, 5.41) is 22.3. The van der Waals surface area contributed by atoms with Gasteiger partial charge in [-0.3, -0.25) is 14.3 Å². The van der Waals surface area contributed by atoms with E-state index < -0.39 is 46.6 Å². The third kappa shape index (κ3) is 3.77. The Bertz CT molecular complexity index is 730. The number of aromatic amines is 1. The first-order chi connectivity index (χ1) is 10.9. The summed E-state index contributed by atoms with van der Waals surface area (Å²) in [6.07, 6.45) is -1.42. The molecule has 0 aromatic carbocycles. The van der Waals surface area contributed by atoms with Crippen LogP contribution >= 0.6 is 27.5 Å². The molecule has 12 heteroatoms. The highest BCUT2D eigenvalue weighted by molar-refractivity contribution is 9.10. The number of aliphatic hydroxyl groups excluding tert-OH is 2. The molecular weight excluding hydrogens is 398 g/mol. The van der Waals surface area contributed by atoms with E-state index in [1.54, 1.807) is 0 Å². The topological polar surface area (TPSA) is 153 Å². The molecule has 1 aromatic heterocycles. The summed E-state index contributed by atoms with van der Waals surface area (Å²) in [6.45, 7) is -0.408. The fourth-order valence-corrected chi connectivity index (χ4v) is 2.86. The van der Waals surface area contributed by atoms with E-state index in [4.69, 9.17) is 27.0 Å². The third-order valence-electron chi connectivity index (χ3n) is 3.42. The number of azide groups is 1. The number of nitrogens with one attached hydrogen (secondary N) is 1. The molecule has 126 valence electrons. The van der Waals surface area contributed by atoms with Gasteiger partial charge in [0.25, 0.3) is 5.56 Å². The lowest BCUT2D eigenvalue weighted by molar-refractivity contribution is -0.0460. The van der Waals surface area contributed by atoms with Crippen LogP contribution in [0.5, 0.6) is 0 Å². The fourth-order valence-electron chi connectivity index (χ4n) is 2.28. The Morgan fingerprint density at radius 3 is 2.87 bits per heavy atom. The fraction of sp³-hybridized carbons (Fsp3) is 0.636. The highest BCUT2D eigenvalue weighted by Crippen LogP contribution is 2.30. The zero-order chi connectivity index (χ0) is 17.1. The first kappa shape index (κ1) is 18.0. The molecule has 2 heterocycles. The highest BCUT2D eigenvalue weighted by Gasteiger charge is 2.35. The van der Waals surface area contributed by atoms with E-state index in [1.165, 1.54) is 6.20 Å². The number of nitrogens with zero attached hydrogens (tertiary/aromatic N) is 4. The molecule has 1 aliphatic heterocycles. The van der Waals surface area contributed by atoms with Crippen LogP contribution in [0, 0.1) is 0 Å². The van der Waals surface area contributed by atoms with Crippen LogP contribution in [0.1, 0.15) is 24.3 Å². The molecule has 0 radical (unpaired) electrons. The molecule has 0 saturated carbocycles. The Morgan fingerprint density at radius 1 is 1.65 bits per heavy atom. The lowest BCUT2D eigenvalue weighted by Crippen LogP contribution is -2.35. The van der Waals surface area contributed by atoms with E-state index in [2.05, 4.69) is 30.9 Å². The van der Waals surface area contributed by atoms with Crippen LogP contribution in [0.3, 0.4) is 0 Å². The number of H-pyrrole nitrogens is 1. The Hall–Kier alpha value is -1.36. The highest BCUT2D eigenvalue weighted by atomic mass is 79.9. The minimum absolute atomic E-state index is 0.0372. The average molecular weight is 411 g/mol. The van der Waals surface area contributed by atoms with Crippen LogP contribution in [0.4, 0.5) is 0 Å². The van der Waals surface area contributed by atoms with Crippen molar-refractivity contribution in [1.29, 1.82) is 0 Å². The normalized spacial score (nSPS) is 26.5. The van der Waals surface area contributed by atoms with Crippen molar-refractivity contribution in [2.45, 2.75) is 35.2 Å². The van der Waals surface area contributed by atoms with Crippen LogP contribution in [0.15, 0.2) is 20.9 Å². The number of aliphatic hydroxyl groups is 2. The summed E-state index contributed by atoms with van der Waals surface area (Å²) in [7, 11) is 0. The molecule has 1 fully saturated rings. The Balaban J connectivity index is 2.47. The van der Waals surface area contributed by atoms with Gasteiger partial charge in [0.1, 0.15) is 16.6 Å². The summed E-state index contributed by atoms with van der Waals surface area (Å²) < 4.78 is 5.57. The lowest BCUT2D eigenvalue weighted by Gasteiger charge is -2.17. The van der Waals surface area contributed by atoms with Crippen LogP contribution in [0.2, 0.25) is 0 Å². The van der Waals surface area contributed by atoms with Gasteiger partial charge in [-0.2, -0.15) is 0 Å². The first-order valence-electron chi connectivity index (χ1n) is 6.51. The van der Waals surface area contributed by atoms with Crippen molar-refractivity contribution in [1.82, 2.24) is 9.55 Å². The van der Waals surface area contributed by atoms with Gasteiger partial charge in [-0.25, -0.2) is 4.79 Å². The third-order valence-corrected chi connectivity index (χ3v) is 4.16. The molecule has 2 rings (SSSR count). The van der Waals surface area contributed by atoms with Gasteiger partial charge in [0.15, 0.2) is 0 Å². The van der Waals surface area contributed by atoms with Crippen molar-refractivity contribution in [2.75, 3.05) is 6.61 Å². The van der Waals surface area contributed by atoms with Gasteiger partial charge in [-0.1, -0.05) is 21.0 Å². The summed E-state index contributed by atoms with van der Waals surface area (Å²) in [5.74, 6) is 0. The average Bonchev–Trinajstić information content (AvgIpc) is 2.86. The second kappa shape index (κ2) is 7.47. The Morgan fingerprint density at radius 2 is 2.35 bits per heavy atom. The maximum atomic E-state index is 12.0. The monoisotopic (exact) mass is 409 g/mol. The van der Waals surface area contributed by atoms with Crippen molar-refractivity contribution in [3.63, 3.8) is 0 Å². The van der Waals surface area contributed by atoms with E-state index in [0.717, 1.165) is 4.57 Å². The molecule has 0 spiro atoms. The molecule has 23 heavy (non-hydrogen) atoms. The number of aromatic nitrogens is 2. The smallest absolute Gasteiger partial charge is 0.330 e. The van der Waals surface area contributed by atoms with Gasteiger partial charge in [-0.15, -0.1) is 11.6 Å². The molecule has 5 unspecified atom stereocenters. The molecule has 0 aliphatic carbocycles.